The third kappa shape index (κ3) is 1.60. The molecule has 0 aliphatic carbocycles. The van der Waals surface area contributed by atoms with Crippen molar-refractivity contribution in [2.75, 3.05) is 24.5 Å². The normalized spacial score (nSPS) is 22.1. The average Bonchev–Trinajstić information content (AvgIpc) is 2.97. The minimum atomic E-state index is 0.145. The molecule has 4 rings (SSSR count). The van der Waals surface area contributed by atoms with E-state index in [1.807, 2.05) is 18.3 Å². The lowest BCUT2D eigenvalue weighted by atomic mass is 9.97. The molecule has 1 fully saturated rings. The van der Waals surface area contributed by atoms with Gasteiger partial charge in [-0.05, 0) is 37.1 Å². The first-order valence-electron chi connectivity index (χ1n) is 6.91. The molecule has 4 heteroatoms. The first-order valence-corrected chi connectivity index (χ1v) is 6.91. The number of anilines is 1. The maximum absolute atomic E-state index is 9.95. The summed E-state index contributed by atoms with van der Waals surface area (Å²) < 4.78 is 0. The van der Waals surface area contributed by atoms with Crippen LogP contribution in [0.15, 0.2) is 24.4 Å². The maximum atomic E-state index is 9.95. The van der Waals surface area contributed by atoms with Gasteiger partial charge < -0.3 is 15.3 Å². The molecule has 1 aromatic heterocycles. The molecule has 0 bridgehead atoms. The van der Waals surface area contributed by atoms with Gasteiger partial charge in [0, 0.05) is 41.8 Å². The molecule has 1 saturated heterocycles. The molecule has 2 aromatic rings. The van der Waals surface area contributed by atoms with E-state index in [2.05, 4.69) is 21.3 Å². The Balaban J connectivity index is 1.92. The van der Waals surface area contributed by atoms with Crippen LogP contribution in [0.3, 0.4) is 0 Å². The van der Waals surface area contributed by atoms with Gasteiger partial charge in [-0.25, -0.2) is 4.98 Å². The summed E-state index contributed by atoms with van der Waals surface area (Å²) in [6.45, 7) is 3.21. The van der Waals surface area contributed by atoms with Crippen LogP contribution >= 0.6 is 0 Å². The second kappa shape index (κ2) is 4.10. The molecule has 0 spiro atoms. The highest BCUT2D eigenvalue weighted by Crippen LogP contribution is 2.38. The number of nitrogens with zero attached hydrogens (tertiary/aromatic N) is 2. The summed E-state index contributed by atoms with van der Waals surface area (Å²) in [6.07, 6.45) is 4.03. The lowest BCUT2D eigenvalue weighted by Crippen LogP contribution is -2.40. The first kappa shape index (κ1) is 11.1. The van der Waals surface area contributed by atoms with E-state index < -0.39 is 0 Å². The second-order valence-corrected chi connectivity index (χ2v) is 5.40. The third-order valence-electron chi connectivity index (χ3n) is 4.35. The van der Waals surface area contributed by atoms with Crippen molar-refractivity contribution in [3.05, 3.63) is 30.0 Å². The van der Waals surface area contributed by atoms with Crippen LogP contribution in [0.5, 0.6) is 5.88 Å². The van der Waals surface area contributed by atoms with Crippen LogP contribution in [-0.2, 0) is 6.42 Å². The molecule has 2 aliphatic rings. The molecule has 1 unspecified atom stereocenters. The molecule has 1 aromatic carbocycles. The van der Waals surface area contributed by atoms with Crippen molar-refractivity contribution in [1.29, 1.82) is 0 Å². The fraction of sp³-hybridized carbons (Fsp3) is 0.400. The van der Waals surface area contributed by atoms with Crippen molar-refractivity contribution in [3.8, 4) is 5.88 Å². The van der Waals surface area contributed by atoms with Gasteiger partial charge in [0.15, 0.2) is 0 Å². The van der Waals surface area contributed by atoms with Crippen LogP contribution < -0.4 is 10.2 Å². The number of aromatic nitrogens is 1. The van der Waals surface area contributed by atoms with Crippen molar-refractivity contribution in [1.82, 2.24) is 10.3 Å². The molecule has 3 heterocycles. The van der Waals surface area contributed by atoms with E-state index in [-0.39, 0.29) is 5.88 Å². The Labute approximate surface area is 112 Å². The highest BCUT2D eigenvalue weighted by atomic mass is 16.3. The summed E-state index contributed by atoms with van der Waals surface area (Å²) in [7, 11) is 0. The number of nitrogens with one attached hydrogen (secondary N) is 1. The van der Waals surface area contributed by atoms with E-state index in [1.165, 1.54) is 23.1 Å². The maximum Gasteiger partial charge on any atom is 0.218 e. The fourth-order valence-electron chi connectivity index (χ4n) is 3.41. The van der Waals surface area contributed by atoms with Crippen molar-refractivity contribution >= 4 is 16.5 Å². The Morgan fingerprint density at radius 2 is 2.32 bits per heavy atom. The lowest BCUT2D eigenvalue weighted by molar-refractivity contribution is 0.460. The largest absolute Gasteiger partial charge is 0.493 e. The predicted molar refractivity (Wildman–Crippen MR) is 75.7 cm³/mol. The Morgan fingerprint density at radius 3 is 3.16 bits per heavy atom. The lowest BCUT2D eigenvalue weighted by Gasteiger charge is -2.35. The van der Waals surface area contributed by atoms with E-state index in [4.69, 9.17) is 0 Å². The highest BCUT2D eigenvalue weighted by molar-refractivity contribution is 6.00. The van der Waals surface area contributed by atoms with Crippen LogP contribution in [0.25, 0.3) is 10.8 Å². The van der Waals surface area contributed by atoms with Crippen LogP contribution in [0.1, 0.15) is 12.0 Å². The van der Waals surface area contributed by atoms with Gasteiger partial charge >= 0.3 is 0 Å². The molecule has 0 radical (unpaired) electrons. The second-order valence-electron chi connectivity index (χ2n) is 5.40. The van der Waals surface area contributed by atoms with E-state index >= 15 is 0 Å². The summed E-state index contributed by atoms with van der Waals surface area (Å²) in [5, 5.41) is 15.5. The van der Waals surface area contributed by atoms with Gasteiger partial charge in [0.1, 0.15) is 0 Å². The SMILES string of the molecule is Oc1ncc2c3c(cccc13)N(C1CCNC1)CC2. The molecule has 2 N–H and O–H groups in total. The van der Waals surface area contributed by atoms with Gasteiger partial charge in [-0.15, -0.1) is 0 Å². The van der Waals surface area contributed by atoms with Crippen molar-refractivity contribution in [2.24, 2.45) is 0 Å². The molecular weight excluding hydrogens is 238 g/mol. The number of rotatable bonds is 1. The van der Waals surface area contributed by atoms with Crippen molar-refractivity contribution < 1.29 is 5.11 Å². The summed E-state index contributed by atoms with van der Waals surface area (Å²) >= 11 is 0. The van der Waals surface area contributed by atoms with Crippen LogP contribution in [0, 0.1) is 0 Å². The molecule has 98 valence electrons. The molecule has 4 nitrogen and oxygen atoms in total. The van der Waals surface area contributed by atoms with Crippen LogP contribution in [0.4, 0.5) is 5.69 Å². The number of hydrogen-bond acceptors (Lipinski definition) is 4. The molecular formula is C15H17N3O. The van der Waals surface area contributed by atoms with Gasteiger partial charge in [-0.3, -0.25) is 0 Å². The quantitative estimate of drug-likeness (QED) is 0.813. The minimum absolute atomic E-state index is 0.145. The van der Waals surface area contributed by atoms with E-state index in [0.717, 1.165) is 31.4 Å². The van der Waals surface area contributed by atoms with Crippen molar-refractivity contribution in [3.63, 3.8) is 0 Å². The minimum Gasteiger partial charge on any atom is -0.493 e. The Morgan fingerprint density at radius 1 is 1.37 bits per heavy atom. The summed E-state index contributed by atoms with van der Waals surface area (Å²) in [6, 6.07) is 6.72. The fourth-order valence-corrected chi connectivity index (χ4v) is 3.41. The van der Waals surface area contributed by atoms with E-state index in [0.29, 0.717) is 6.04 Å². The average molecular weight is 255 g/mol. The molecule has 0 saturated carbocycles. The highest BCUT2D eigenvalue weighted by Gasteiger charge is 2.27. The van der Waals surface area contributed by atoms with Gasteiger partial charge in [-0.1, -0.05) is 6.07 Å². The monoisotopic (exact) mass is 255 g/mol. The molecule has 2 aliphatic heterocycles. The van der Waals surface area contributed by atoms with Crippen LogP contribution in [-0.4, -0.2) is 35.8 Å². The van der Waals surface area contributed by atoms with Gasteiger partial charge in [0.2, 0.25) is 5.88 Å². The number of benzene rings is 1. The van der Waals surface area contributed by atoms with Crippen LogP contribution in [0.2, 0.25) is 0 Å². The number of hydrogen-bond donors (Lipinski definition) is 2. The smallest absolute Gasteiger partial charge is 0.218 e. The zero-order valence-corrected chi connectivity index (χ0v) is 10.8. The summed E-state index contributed by atoms with van der Waals surface area (Å²) in [5.74, 6) is 0.145. The molecule has 0 amide bonds. The molecule has 1 atom stereocenters. The Bertz CT molecular complexity index is 635. The zero-order chi connectivity index (χ0) is 12.8. The summed E-state index contributed by atoms with van der Waals surface area (Å²) in [5.41, 5.74) is 2.51. The number of pyridine rings is 1. The summed E-state index contributed by atoms with van der Waals surface area (Å²) in [4.78, 5) is 6.60. The van der Waals surface area contributed by atoms with Gasteiger partial charge in [-0.2, -0.15) is 0 Å². The zero-order valence-electron chi connectivity index (χ0n) is 10.8. The standard InChI is InChI=1S/C15H17N3O/c19-15-12-2-1-3-13-14(12)10(8-17-15)5-7-18(13)11-4-6-16-9-11/h1-3,8,11,16H,4-7,9H2,(H,17,19). The number of aromatic hydroxyl groups is 1. The first-order chi connectivity index (χ1) is 9.34. The van der Waals surface area contributed by atoms with Gasteiger partial charge in [0.25, 0.3) is 0 Å². The van der Waals surface area contributed by atoms with E-state index in [9.17, 15) is 5.11 Å². The van der Waals surface area contributed by atoms with E-state index in [1.54, 1.807) is 0 Å². The predicted octanol–water partition coefficient (Wildman–Crippen LogP) is 1.66. The Hall–Kier alpha value is -1.81. The van der Waals surface area contributed by atoms with Gasteiger partial charge in [0.05, 0.1) is 0 Å². The Kier molecular flexibility index (Phi) is 2.38. The topological polar surface area (TPSA) is 48.4 Å². The van der Waals surface area contributed by atoms with Crippen molar-refractivity contribution in [2.45, 2.75) is 18.9 Å². The third-order valence-corrected chi connectivity index (χ3v) is 4.35. The molecule has 19 heavy (non-hydrogen) atoms.